The number of hydrogen-bond acceptors (Lipinski definition) is 4. The van der Waals surface area contributed by atoms with Crippen LogP contribution in [0, 0.1) is 12.8 Å². The molecule has 1 aromatic heterocycles. The van der Waals surface area contributed by atoms with Crippen molar-refractivity contribution in [3.8, 4) is 0 Å². The minimum absolute atomic E-state index is 0.128. The first-order chi connectivity index (χ1) is 12.8. The molecule has 2 heterocycles. The van der Waals surface area contributed by atoms with Crippen LogP contribution in [0.1, 0.15) is 36.1 Å². The van der Waals surface area contributed by atoms with Crippen molar-refractivity contribution in [2.24, 2.45) is 5.92 Å². The molecular weight excluding hydrogens is 342 g/mol. The van der Waals surface area contributed by atoms with Crippen LogP contribution in [-0.4, -0.2) is 39.5 Å². The van der Waals surface area contributed by atoms with Crippen LogP contribution in [0.2, 0.25) is 0 Å². The maximum absolute atomic E-state index is 13.0. The maximum Gasteiger partial charge on any atom is 0.323 e. The largest absolute Gasteiger partial charge is 0.480 e. The molecule has 1 amide bonds. The van der Waals surface area contributed by atoms with Crippen molar-refractivity contribution in [1.29, 1.82) is 0 Å². The third-order valence-corrected chi connectivity index (χ3v) is 5.71. The predicted molar refractivity (Wildman–Crippen MR) is 102 cm³/mol. The van der Waals surface area contributed by atoms with Gasteiger partial charge in [0.1, 0.15) is 5.54 Å². The Labute approximate surface area is 159 Å². The van der Waals surface area contributed by atoms with Gasteiger partial charge in [0.2, 0.25) is 5.91 Å². The number of aryl methyl sites for hydroxylation is 1. The summed E-state index contributed by atoms with van der Waals surface area (Å²) in [5.41, 5.74) is 1.91. The second-order valence-electron chi connectivity index (χ2n) is 7.38. The van der Waals surface area contributed by atoms with E-state index >= 15 is 0 Å². The first-order valence-electron chi connectivity index (χ1n) is 9.03. The van der Waals surface area contributed by atoms with Crippen LogP contribution in [0.3, 0.4) is 0 Å². The van der Waals surface area contributed by atoms with E-state index in [1.165, 1.54) is 0 Å². The summed E-state index contributed by atoms with van der Waals surface area (Å²) in [6.45, 7) is 4.08. The van der Waals surface area contributed by atoms with Gasteiger partial charge in [-0.2, -0.15) is 0 Å². The Morgan fingerprint density at radius 1 is 1.26 bits per heavy atom. The zero-order valence-electron chi connectivity index (χ0n) is 15.8. The number of rotatable bonds is 5. The van der Waals surface area contributed by atoms with Gasteiger partial charge < -0.3 is 10.4 Å². The number of hydrogen-bond donors (Lipinski definition) is 2. The summed E-state index contributed by atoms with van der Waals surface area (Å²) >= 11 is 0. The monoisotopic (exact) mass is 367 g/mol. The van der Waals surface area contributed by atoms with E-state index in [9.17, 15) is 14.7 Å². The molecule has 1 fully saturated rings. The SMILES string of the molecule is Cc1ccccc1[C@H]1[C@@H](C(=O)NCc2ccncc2)C[C@@](C)(C(=O)O)N1C. The number of likely N-dealkylation sites (N-methyl/N-ethyl adjacent to an activating group) is 1. The molecule has 0 aliphatic carbocycles. The molecule has 27 heavy (non-hydrogen) atoms. The lowest BCUT2D eigenvalue weighted by molar-refractivity contribution is -0.148. The van der Waals surface area contributed by atoms with Gasteiger partial charge in [-0.3, -0.25) is 19.5 Å². The topological polar surface area (TPSA) is 82.5 Å². The standard InChI is InChI=1S/C21H25N3O3/c1-14-6-4-5-7-16(14)18-17(12-21(2,20(26)27)24(18)3)19(25)23-13-15-8-10-22-11-9-15/h4-11,17-18H,12-13H2,1-3H3,(H,23,25)(H,26,27)/t17-,18-,21-/m0/s1. The van der Waals surface area contributed by atoms with Gasteiger partial charge in [0.05, 0.1) is 5.92 Å². The van der Waals surface area contributed by atoms with Crippen LogP contribution >= 0.6 is 0 Å². The first kappa shape index (κ1) is 19.0. The van der Waals surface area contributed by atoms with E-state index in [-0.39, 0.29) is 18.4 Å². The van der Waals surface area contributed by atoms with Crippen molar-refractivity contribution >= 4 is 11.9 Å². The molecule has 3 atom stereocenters. The Morgan fingerprint density at radius 2 is 1.93 bits per heavy atom. The summed E-state index contributed by atoms with van der Waals surface area (Å²) in [7, 11) is 1.79. The molecule has 142 valence electrons. The lowest BCUT2D eigenvalue weighted by Crippen LogP contribution is -2.46. The van der Waals surface area contributed by atoms with Gasteiger partial charge in [-0.1, -0.05) is 24.3 Å². The Balaban J connectivity index is 1.89. The Hall–Kier alpha value is -2.73. The highest BCUT2D eigenvalue weighted by Crippen LogP contribution is 2.46. The molecule has 0 saturated carbocycles. The van der Waals surface area contributed by atoms with Gasteiger partial charge in [-0.25, -0.2) is 0 Å². The van der Waals surface area contributed by atoms with Crippen molar-refractivity contribution in [3.63, 3.8) is 0 Å². The van der Waals surface area contributed by atoms with Gasteiger partial charge in [-0.05, 0) is 56.1 Å². The minimum atomic E-state index is -1.09. The molecule has 2 N–H and O–H groups in total. The normalized spacial score (nSPS) is 25.3. The van der Waals surface area contributed by atoms with E-state index in [1.54, 1.807) is 26.4 Å². The Bertz CT molecular complexity index is 840. The lowest BCUT2D eigenvalue weighted by atomic mass is 9.88. The number of nitrogens with one attached hydrogen (secondary N) is 1. The van der Waals surface area contributed by atoms with Crippen LogP contribution in [0.15, 0.2) is 48.8 Å². The van der Waals surface area contributed by atoms with Crippen LogP contribution < -0.4 is 5.32 Å². The van der Waals surface area contributed by atoms with E-state index in [2.05, 4.69) is 10.3 Å². The molecule has 6 heteroatoms. The number of carboxylic acid groups (broad SMARTS) is 1. The number of nitrogens with zero attached hydrogens (tertiary/aromatic N) is 2. The van der Waals surface area contributed by atoms with Crippen molar-refractivity contribution < 1.29 is 14.7 Å². The van der Waals surface area contributed by atoms with Gasteiger partial charge in [0.15, 0.2) is 0 Å². The van der Waals surface area contributed by atoms with E-state index in [0.717, 1.165) is 16.7 Å². The van der Waals surface area contributed by atoms with Gasteiger partial charge in [0, 0.05) is 25.0 Å². The highest BCUT2D eigenvalue weighted by Gasteiger charge is 2.54. The summed E-state index contributed by atoms with van der Waals surface area (Å²) in [6, 6.07) is 11.3. The van der Waals surface area contributed by atoms with Crippen LogP contribution in [0.4, 0.5) is 0 Å². The molecule has 0 radical (unpaired) electrons. The van der Waals surface area contributed by atoms with E-state index < -0.39 is 17.4 Å². The predicted octanol–water partition coefficient (Wildman–Crippen LogP) is 2.54. The molecule has 1 aliphatic heterocycles. The molecule has 2 aromatic rings. The lowest BCUT2D eigenvalue weighted by Gasteiger charge is -2.32. The fourth-order valence-corrected chi connectivity index (χ4v) is 3.90. The van der Waals surface area contributed by atoms with Gasteiger partial charge >= 0.3 is 5.97 Å². The molecule has 1 aromatic carbocycles. The summed E-state index contributed by atoms with van der Waals surface area (Å²) in [5.74, 6) is -1.48. The quantitative estimate of drug-likeness (QED) is 0.849. The summed E-state index contributed by atoms with van der Waals surface area (Å²) < 4.78 is 0. The van der Waals surface area contributed by atoms with Crippen LogP contribution in [0.5, 0.6) is 0 Å². The number of carboxylic acids is 1. The number of pyridine rings is 1. The third kappa shape index (κ3) is 3.57. The number of benzene rings is 1. The van der Waals surface area contributed by atoms with Crippen molar-refractivity contribution in [1.82, 2.24) is 15.2 Å². The second kappa shape index (κ2) is 7.48. The number of aliphatic carboxylic acids is 1. The molecule has 6 nitrogen and oxygen atoms in total. The number of carbonyl (C=O) groups is 2. The van der Waals surface area contributed by atoms with Crippen LogP contribution in [-0.2, 0) is 16.1 Å². The van der Waals surface area contributed by atoms with E-state index in [4.69, 9.17) is 0 Å². The molecule has 1 aliphatic rings. The van der Waals surface area contributed by atoms with Gasteiger partial charge in [0.25, 0.3) is 0 Å². The fourth-order valence-electron chi connectivity index (χ4n) is 3.90. The second-order valence-corrected chi connectivity index (χ2v) is 7.38. The number of aromatic nitrogens is 1. The third-order valence-electron chi connectivity index (χ3n) is 5.71. The van der Waals surface area contributed by atoms with Crippen molar-refractivity contribution in [2.45, 2.75) is 38.4 Å². The van der Waals surface area contributed by atoms with Crippen LogP contribution in [0.25, 0.3) is 0 Å². The van der Waals surface area contributed by atoms with Crippen molar-refractivity contribution in [3.05, 3.63) is 65.5 Å². The molecule has 0 spiro atoms. The summed E-state index contributed by atoms with van der Waals surface area (Å²) in [5, 5.41) is 12.8. The highest BCUT2D eigenvalue weighted by molar-refractivity contribution is 5.85. The van der Waals surface area contributed by atoms with Gasteiger partial charge in [-0.15, -0.1) is 0 Å². The smallest absolute Gasteiger partial charge is 0.323 e. The first-order valence-corrected chi connectivity index (χ1v) is 9.03. The number of likely N-dealkylation sites (tertiary alicyclic amines) is 1. The molecule has 0 bridgehead atoms. The average molecular weight is 367 g/mol. The number of amides is 1. The minimum Gasteiger partial charge on any atom is -0.480 e. The number of carbonyl (C=O) groups excluding carboxylic acids is 1. The summed E-state index contributed by atoms with van der Waals surface area (Å²) in [4.78, 5) is 30.8. The fraction of sp³-hybridized carbons (Fsp3) is 0.381. The molecule has 3 rings (SSSR count). The van der Waals surface area contributed by atoms with Crippen molar-refractivity contribution in [2.75, 3.05) is 7.05 Å². The molecule has 0 unspecified atom stereocenters. The Morgan fingerprint density at radius 3 is 2.56 bits per heavy atom. The molecular formula is C21H25N3O3. The maximum atomic E-state index is 13.0. The van der Waals surface area contributed by atoms with E-state index in [1.807, 2.05) is 48.2 Å². The summed E-state index contributed by atoms with van der Waals surface area (Å²) in [6.07, 6.45) is 3.63. The van der Waals surface area contributed by atoms with E-state index in [0.29, 0.717) is 6.54 Å². The zero-order valence-corrected chi connectivity index (χ0v) is 15.8. The average Bonchev–Trinajstić information content (AvgIpc) is 2.94. The zero-order chi connectivity index (χ0) is 19.6. The Kier molecular flexibility index (Phi) is 5.28. The molecule has 1 saturated heterocycles. The highest BCUT2D eigenvalue weighted by atomic mass is 16.4.